The average molecular weight is 439 g/mol. The fraction of sp³-hybridized carbons (Fsp3) is 0.333. The Morgan fingerprint density at radius 1 is 1.06 bits per heavy atom. The monoisotopic (exact) mass is 439 g/mol. The summed E-state index contributed by atoms with van der Waals surface area (Å²) in [7, 11) is 0. The lowest BCUT2D eigenvalue weighted by atomic mass is 10.2. The minimum Gasteiger partial charge on any atom is -0.473 e. The highest BCUT2D eigenvalue weighted by molar-refractivity contribution is 5.46. The molecule has 0 amide bonds. The predicted octanol–water partition coefficient (Wildman–Crippen LogP) is 4.57. The maximum atomic E-state index is 14.5. The third-order valence-corrected chi connectivity index (χ3v) is 5.77. The van der Waals surface area contributed by atoms with Gasteiger partial charge in [0.1, 0.15) is 24.0 Å². The van der Waals surface area contributed by atoms with E-state index in [1.807, 2.05) is 0 Å². The molecule has 0 saturated heterocycles. The molecule has 1 saturated carbocycles. The number of benzene rings is 2. The molecule has 0 radical (unpaired) electrons. The zero-order valence-corrected chi connectivity index (χ0v) is 17.7. The minimum atomic E-state index is -0.563. The van der Waals surface area contributed by atoms with Gasteiger partial charge in [0.25, 0.3) is 0 Å². The number of aromatic nitrogens is 2. The van der Waals surface area contributed by atoms with E-state index < -0.39 is 5.82 Å². The Bertz CT molecular complexity index is 1220. The second-order valence-corrected chi connectivity index (χ2v) is 8.23. The molecule has 3 aromatic rings. The van der Waals surface area contributed by atoms with Crippen molar-refractivity contribution in [2.45, 2.75) is 45.4 Å². The topological polar surface area (TPSA) is 56.6 Å². The van der Waals surface area contributed by atoms with Gasteiger partial charge in [-0.25, -0.2) is 13.6 Å². The lowest BCUT2D eigenvalue weighted by molar-refractivity contribution is 0.289. The first kappa shape index (κ1) is 20.5. The van der Waals surface area contributed by atoms with Gasteiger partial charge in [0.15, 0.2) is 11.6 Å². The third-order valence-electron chi connectivity index (χ3n) is 5.77. The molecule has 0 bridgehead atoms. The van der Waals surface area contributed by atoms with E-state index in [0.29, 0.717) is 29.5 Å². The lowest BCUT2D eigenvalue weighted by Gasteiger charge is -2.31. The SMILES string of the molecule is Cc1cc(Oc2ccc(COc3cc4n(c(=O)n3)CCCN4C3CC3)cc2F)ccc1F. The molecule has 0 unspecified atom stereocenters. The van der Waals surface area contributed by atoms with Gasteiger partial charge < -0.3 is 14.4 Å². The third kappa shape index (κ3) is 4.17. The molecule has 1 fully saturated rings. The van der Waals surface area contributed by atoms with Gasteiger partial charge in [0.2, 0.25) is 5.88 Å². The number of hydrogen-bond acceptors (Lipinski definition) is 5. The molecule has 1 aromatic heterocycles. The van der Waals surface area contributed by atoms with E-state index in [-0.39, 0.29) is 29.7 Å². The quantitative estimate of drug-likeness (QED) is 0.563. The zero-order chi connectivity index (χ0) is 22.2. The Labute approximate surface area is 184 Å². The largest absolute Gasteiger partial charge is 0.473 e. The highest BCUT2D eigenvalue weighted by atomic mass is 19.1. The molecule has 2 aliphatic rings. The van der Waals surface area contributed by atoms with Crippen molar-refractivity contribution in [1.29, 1.82) is 0 Å². The van der Waals surface area contributed by atoms with Crippen LogP contribution in [0.25, 0.3) is 0 Å². The van der Waals surface area contributed by atoms with Crippen LogP contribution >= 0.6 is 0 Å². The summed E-state index contributed by atoms with van der Waals surface area (Å²) in [5.74, 6) is 0.553. The number of halogens is 2. The van der Waals surface area contributed by atoms with Gasteiger partial charge in [0, 0.05) is 25.2 Å². The number of nitrogens with zero attached hydrogens (tertiary/aromatic N) is 3. The Morgan fingerprint density at radius 2 is 1.91 bits per heavy atom. The van der Waals surface area contributed by atoms with E-state index in [4.69, 9.17) is 9.47 Å². The van der Waals surface area contributed by atoms with Crippen molar-refractivity contribution in [3.05, 3.63) is 75.7 Å². The normalized spacial score (nSPS) is 15.4. The first-order valence-electron chi connectivity index (χ1n) is 10.7. The summed E-state index contributed by atoms with van der Waals surface area (Å²) < 4.78 is 40.9. The number of ether oxygens (including phenoxy) is 2. The van der Waals surface area contributed by atoms with Crippen LogP contribution in [0.5, 0.6) is 17.4 Å². The molecule has 5 rings (SSSR count). The summed E-state index contributed by atoms with van der Waals surface area (Å²) in [6.07, 6.45) is 3.20. The van der Waals surface area contributed by atoms with Gasteiger partial charge in [-0.2, -0.15) is 4.98 Å². The molecule has 1 aliphatic carbocycles. The summed E-state index contributed by atoms with van der Waals surface area (Å²) in [5.41, 5.74) is 0.665. The molecule has 0 spiro atoms. The predicted molar refractivity (Wildman–Crippen MR) is 115 cm³/mol. The number of fused-ring (bicyclic) bond motifs is 1. The second kappa shape index (κ2) is 8.26. The zero-order valence-electron chi connectivity index (χ0n) is 17.7. The van der Waals surface area contributed by atoms with Crippen molar-refractivity contribution in [1.82, 2.24) is 9.55 Å². The van der Waals surface area contributed by atoms with Crippen LogP contribution in [0.4, 0.5) is 14.6 Å². The number of anilines is 1. The Morgan fingerprint density at radius 3 is 2.66 bits per heavy atom. The highest BCUT2D eigenvalue weighted by Gasteiger charge is 2.33. The maximum Gasteiger partial charge on any atom is 0.352 e. The van der Waals surface area contributed by atoms with Crippen LogP contribution in [0.2, 0.25) is 0 Å². The van der Waals surface area contributed by atoms with Crippen molar-refractivity contribution in [2.75, 3.05) is 11.4 Å². The fourth-order valence-corrected chi connectivity index (χ4v) is 3.95. The minimum absolute atomic E-state index is 0.0324. The Hall–Kier alpha value is -3.42. The van der Waals surface area contributed by atoms with Crippen LogP contribution in [0.3, 0.4) is 0 Å². The molecular formula is C24H23F2N3O3. The molecule has 0 N–H and O–H groups in total. The molecule has 166 valence electrons. The molecular weight excluding hydrogens is 416 g/mol. The molecule has 8 heteroatoms. The smallest absolute Gasteiger partial charge is 0.352 e. The standard InChI is InChI=1S/C24H23F2N3O3/c1-15-11-18(6-7-19(15)25)32-21-8-3-16(12-20(21)26)14-31-22-13-23-28(17-4-5-17)9-2-10-29(23)24(30)27-22/h3,6-8,11-13,17H,2,4-5,9-10,14H2,1H3. The fourth-order valence-electron chi connectivity index (χ4n) is 3.95. The van der Waals surface area contributed by atoms with Crippen molar-refractivity contribution in [3.8, 4) is 17.4 Å². The van der Waals surface area contributed by atoms with Crippen LogP contribution in [0, 0.1) is 18.6 Å². The molecule has 32 heavy (non-hydrogen) atoms. The van der Waals surface area contributed by atoms with Gasteiger partial charge in [-0.05, 0) is 67.6 Å². The van der Waals surface area contributed by atoms with Crippen LogP contribution in [-0.2, 0) is 13.2 Å². The average Bonchev–Trinajstić information content (AvgIpc) is 3.61. The van der Waals surface area contributed by atoms with Gasteiger partial charge >= 0.3 is 5.69 Å². The van der Waals surface area contributed by atoms with E-state index in [1.165, 1.54) is 30.3 Å². The van der Waals surface area contributed by atoms with E-state index in [0.717, 1.165) is 31.6 Å². The van der Waals surface area contributed by atoms with Crippen molar-refractivity contribution in [3.63, 3.8) is 0 Å². The van der Waals surface area contributed by atoms with Crippen LogP contribution < -0.4 is 20.1 Å². The Kier molecular flexibility index (Phi) is 5.28. The number of hydrogen-bond donors (Lipinski definition) is 0. The van der Waals surface area contributed by atoms with E-state index in [1.54, 1.807) is 23.6 Å². The Balaban J connectivity index is 1.29. The highest BCUT2D eigenvalue weighted by Crippen LogP contribution is 2.34. The van der Waals surface area contributed by atoms with E-state index in [2.05, 4.69) is 9.88 Å². The van der Waals surface area contributed by atoms with Crippen LogP contribution in [0.15, 0.2) is 47.3 Å². The van der Waals surface area contributed by atoms with Crippen molar-refractivity contribution < 1.29 is 18.3 Å². The van der Waals surface area contributed by atoms with E-state index >= 15 is 0 Å². The lowest BCUT2D eigenvalue weighted by Crippen LogP contribution is -2.39. The van der Waals surface area contributed by atoms with Crippen LogP contribution in [-0.4, -0.2) is 22.1 Å². The molecule has 2 heterocycles. The van der Waals surface area contributed by atoms with Gasteiger partial charge in [-0.15, -0.1) is 0 Å². The summed E-state index contributed by atoms with van der Waals surface area (Å²) >= 11 is 0. The van der Waals surface area contributed by atoms with E-state index in [9.17, 15) is 13.6 Å². The maximum absolute atomic E-state index is 14.5. The second-order valence-electron chi connectivity index (χ2n) is 8.23. The van der Waals surface area contributed by atoms with Crippen molar-refractivity contribution >= 4 is 5.82 Å². The van der Waals surface area contributed by atoms with Gasteiger partial charge in [0.05, 0.1) is 0 Å². The summed E-state index contributed by atoms with van der Waals surface area (Å²) in [5, 5.41) is 0. The van der Waals surface area contributed by atoms with Gasteiger partial charge in [-0.3, -0.25) is 4.57 Å². The molecule has 0 atom stereocenters. The first-order chi connectivity index (χ1) is 15.5. The summed E-state index contributed by atoms with van der Waals surface area (Å²) in [6.45, 7) is 3.26. The van der Waals surface area contributed by atoms with Gasteiger partial charge in [-0.1, -0.05) is 6.07 Å². The molecule has 6 nitrogen and oxygen atoms in total. The van der Waals surface area contributed by atoms with Crippen molar-refractivity contribution in [2.24, 2.45) is 0 Å². The molecule has 2 aromatic carbocycles. The van der Waals surface area contributed by atoms with Crippen LogP contribution in [0.1, 0.15) is 30.4 Å². The number of rotatable bonds is 6. The number of aryl methyl sites for hydroxylation is 1. The summed E-state index contributed by atoms with van der Waals surface area (Å²) in [4.78, 5) is 18.7. The molecule has 1 aliphatic heterocycles. The summed E-state index contributed by atoms with van der Waals surface area (Å²) in [6, 6.07) is 11.0. The first-order valence-corrected chi connectivity index (χ1v) is 10.7.